The van der Waals surface area contributed by atoms with Gasteiger partial charge in [0.05, 0.1) is 0 Å². The van der Waals surface area contributed by atoms with Crippen molar-refractivity contribution in [3.05, 3.63) is 34.3 Å². The number of benzene rings is 1. The third kappa shape index (κ3) is 4.55. The highest BCUT2D eigenvalue weighted by Crippen LogP contribution is 2.19. The predicted octanol–water partition coefficient (Wildman–Crippen LogP) is 2.39. The highest BCUT2D eigenvalue weighted by atomic mass is 79.9. The van der Waals surface area contributed by atoms with Gasteiger partial charge in [0, 0.05) is 43.2 Å². The number of likely N-dealkylation sites (N-methyl/N-ethyl adjacent to an activating group) is 2. The summed E-state index contributed by atoms with van der Waals surface area (Å²) in [7, 11) is 4.45. The number of halogens is 1. The fourth-order valence-electron chi connectivity index (χ4n) is 2.72. The summed E-state index contributed by atoms with van der Waals surface area (Å²) < 4.78 is 1.16. The molecule has 0 spiro atoms. The second-order valence-electron chi connectivity index (χ2n) is 6.01. The lowest BCUT2D eigenvalue weighted by atomic mass is 10.0. The molecule has 3 nitrogen and oxygen atoms in total. The Kier molecular flexibility index (Phi) is 6.02. The average Bonchev–Trinajstić information content (AvgIpc) is 2.42. The summed E-state index contributed by atoms with van der Waals surface area (Å²) in [5.41, 5.74) is 1.39. The minimum Gasteiger partial charge on any atom is -0.315 e. The summed E-state index contributed by atoms with van der Waals surface area (Å²) in [6.45, 7) is 7.90. The highest BCUT2D eigenvalue weighted by molar-refractivity contribution is 9.10. The molecule has 2 rings (SSSR count). The molecule has 1 aromatic rings. The maximum Gasteiger partial charge on any atom is 0.0345 e. The number of hydrogen-bond donors (Lipinski definition) is 1. The molecule has 1 heterocycles. The molecule has 112 valence electrons. The molecular formula is C16H26BrN3. The fourth-order valence-corrected chi connectivity index (χ4v) is 3.14. The van der Waals surface area contributed by atoms with Crippen LogP contribution in [0.1, 0.15) is 18.4 Å². The molecule has 0 saturated carbocycles. The van der Waals surface area contributed by atoms with Gasteiger partial charge in [-0.05, 0) is 37.7 Å². The van der Waals surface area contributed by atoms with E-state index in [9.17, 15) is 0 Å². The van der Waals surface area contributed by atoms with Gasteiger partial charge in [0.1, 0.15) is 0 Å². The molecule has 0 aliphatic carbocycles. The van der Waals surface area contributed by atoms with Crippen LogP contribution in [-0.2, 0) is 0 Å². The molecule has 1 saturated heterocycles. The molecule has 1 aliphatic rings. The van der Waals surface area contributed by atoms with Crippen LogP contribution in [0.5, 0.6) is 0 Å². The van der Waals surface area contributed by atoms with Crippen LogP contribution in [-0.4, -0.2) is 62.7 Å². The van der Waals surface area contributed by atoms with Crippen molar-refractivity contribution in [1.29, 1.82) is 0 Å². The third-order valence-corrected chi connectivity index (χ3v) is 4.72. The molecule has 1 aliphatic heterocycles. The van der Waals surface area contributed by atoms with Crippen molar-refractivity contribution in [1.82, 2.24) is 15.1 Å². The first kappa shape index (κ1) is 16.0. The Hall–Kier alpha value is -0.420. The van der Waals surface area contributed by atoms with Gasteiger partial charge < -0.3 is 10.2 Å². The van der Waals surface area contributed by atoms with Gasteiger partial charge in [-0.15, -0.1) is 0 Å². The van der Waals surface area contributed by atoms with Crippen LogP contribution in [0.3, 0.4) is 0 Å². The standard InChI is InChI=1S/C16H26BrN3/c1-13(14-5-4-6-15(17)9-14)10-18-11-16-12-19(2)7-8-20(16)3/h4-6,9,13,16,18H,7-8,10-12H2,1-3H3/t13-,16+/m0/s1. The Balaban J connectivity index is 1.77. The van der Waals surface area contributed by atoms with Gasteiger partial charge in [0.15, 0.2) is 0 Å². The second kappa shape index (κ2) is 7.55. The van der Waals surface area contributed by atoms with Crippen LogP contribution in [0, 0.1) is 0 Å². The van der Waals surface area contributed by atoms with Crippen molar-refractivity contribution in [2.24, 2.45) is 0 Å². The summed E-state index contributed by atoms with van der Waals surface area (Å²) in [4.78, 5) is 4.89. The Labute approximate surface area is 131 Å². The van der Waals surface area contributed by atoms with E-state index < -0.39 is 0 Å². The maximum atomic E-state index is 3.64. The monoisotopic (exact) mass is 339 g/mol. The summed E-state index contributed by atoms with van der Waals surface area (Å²) in [5, 5.41) is 3.64. The zero-order chi connectivity index (χ0) is 14.5. The van der Waals surface area contributed by atoms with Gasteiger partial charge in [-0.1, -0.05) is 35.0 Å². The fraction of sp³-hybridized carbons (Fsp3) is 0.625. The second-order valence-corrected chi connectivity index (χ2v) is 6.93. The third-order valence-electron chi connectivity index (χ3n) is 4.23. The van der Waals surface area contributed by atoms with Crippen LogP contribution in [0.2, 0.25) is 0 Å². The van der Waals surface area contributed by atoms with Crippen molar-refractivity contribution in [3.8, 4) is 0 Å². The molecule has 0 aromatic heterocycles. The van der Waals surface area contributed by atoms with E-state index in [1.807, 2.05) is 0 Å². The summed E-state index contributed by atoms with van der Waals surface area (Å²) in [5.74, 6) is 0.541. The lowest BCUT2D eigenvalue weighted by Crippen LogP contribution is -2.54. The number of nitrogens with zero attached hydrogens (tertiary/aromatic N) is 2. The Morgan fingerprint density at radius 3 is 2.90 bits per heavy atom. The summed E-state index contributed by atoms with van der Waals surface area (Å²) >= 11 is 3.54. The predicted molar refractivity (Wildman–Crippen MR) is 89.3 cm³/mol. The summed E-state index contributed by atoms with van der Waals surface area (Å²) in [6.07, 6.45) is 0. The van der Waals surface area contributed by atoms with Crippen molar-refractivity contribution in [2.45, 2.75) is 18.9 Å². The molecule has 0 bridgehead atoms. The topological polar surface area (TPSA) is 18.5 Å². The lowest BCUT2D eigenvalue weighted by Gasteiger charge is -2.38. The van der Waals surface area contributed by atoms with E-state index in [0.717, 1.165) is 24.1 Å². The molecule has 1 N–H and O–H groups in total. The number of piperazine rings is 1. The van der Waals surface area contributed by atoms with E-state index >= 15 is 0 Å². The van der Waals surface area contributed by atoms with E-state index in [-0.39, 0.29) is 0 Å². The Bertz CT molecular complexity index is 424. The molecule has 0 unspecified atom stereocenters. The van der Waals surface area contributed by atoms with E-state index in [1.54, 1.807) is 0 Å². The van der Waals surface area contributed by atoms with Gasteiger partial charge in [-0.2, -0.15) is 0 Å². The minimum atomic E-state index is 0.541. The number of rotatable bonds is 5. The molecular weight excluding hydrogens is 314 g/mol. The zero-order valence-electron chi connectivity index (χ0n) is 12.8. The first-order valence-corrected chi connectivity index (χ1v) is 8.20. The van der Waals surface area contributed by atoms with Crippen LogP contribution < -0.4 is 5.32 Å². The van der Waals surface area contributed by atoms with E-state index in [0.29, 0.717) is 12.0 Å². The first-order valence-electron chi connectivity index (χ1n) is 7.41. The van der Waals surface area contributed by atoms with Crippen molar-refractivity contribution in [3.63, 3.8) is 0 Å². The van der Waals surface area contributed by atoms with Gasteiger partial charge in [-0.25, -0.2) is 0 Å². The smallest absolute Gasteiger partial charge is 0.0345 e. The normalized spacial score (nSPS) is 22.9. The van der Waals surface area contributed by atoms with Gasteiger partial charge in [-0.3, -0.25) is 4.90 Å². The van der Waals surface area contributed by atoms with Gasteiger partial charge >= 0.3 is 0 Å². The quantitative estimate of drug-likeness (QED) is 0.888. The molecule has 2 atom stereocenters. The lowest BCUT2D eigenvalue weighted by molar-refractivity contribution is 0.113. The molecule has 4 heteroatoms. The molecule has 0 radical (unpaired) electrons. The molecule has 1 aromatic carbocycles. The highest BCUT2D eigenvalue weighted by Gasteiger charge is 2.21. The zero-order valence-corrected chi connectivity index (χ0v) is 14.4. The summed E-state index contributed by atoms with van der Waals surface area (Å²) in [6, 6.07) is 9.24. The molecule has 1 fully saturated rings. The van der Waals surface area contributed by atoms with Gasteiger partial charge in [0.2, 0.25) is 0 Å². The van der Waals surface area contributed by atoms with E-state index in [2.05, 4.69) is 76.3 Å². The van der Waals surface area contributed by atoms with Crippen LogP contribution in [0.15, 0.2) is 28.7 Å². The van der Waals surface area contributed by atoms with Crippen molar-refractivity contribution in [2.75, 3.05) is 46.8 Å². The van der Waals surface area contributed by atoms with Gasteiger partial charge in [0.25, 0.3) is 0 Å². The van der Waals surface area contributed by atoms with E-state index in [1.165, 1.54) is 18.7 Å². The first-order chi connectivity index (χ1) is 9.56. The SMILES string of the molecule is C[C@@H](CNC[C@@H]1CN(C)CCN1C)c1cccc(Br)c1. The minimum absolute atomic E-state index is 0.541. The van der Waals surface area contributed by atoms with Crippen LogP contribution in [0.25, 0.3) is 0 Å². The largest absolute Gasteiger partial charge is 0.315 e. The maximum absolute atomic E-state index is 3.64. The average molecular weight is 340 g/mol. The number of hydrogen-bond acceptors (Lipinski definition) is 3. The Morgan fingerprint density at radius 1 is 1.35 bits per heavy atom. The van der Waals surface area contributed by atoms with Crippen molar-refractivity contribution < 1.29 is 0 Å². The Morgan fingerprint density at radius 2 is 2.15 bits per heavy atom. The van der Waals surface area contributed by atoms with Crippen LogP contribution in [0.4, 0.5) is 0 Å². The van der Waals surface area contributed by atoms with E-state index in [4.69, 9.17) is 0 Å². The number of nitrogens with one attached hydrogen (secondary N) is 1. The molecule has 20 heavy (non-hydrogen) atoms. The van der Waals surface area contributed by atoms with Crippen LogP contribution >= 0.6 is 15.9 Å². The van der Waals surface area contributed by atoms with Crippen molar-refractivity contribution >= 4 is 15.9 Å². The molecule has 0 amide bonds.